The highest BCUT2D eigenvalue weighted by molar-refractivity contribution is 5.99. The second-order valence-corrected chi connectivity index (χ2v) is 6.17. The third kappa shape index (κ3) is 3.00. The number of fused-ring (bicyclic) bond motifs is 1. The molecule has 2 aromatic rings. The Morgan fingerprint density at radius 2 is 2.04 bits per heavy atom. The molecule has 0 bridgehead atoms. The maximum atomic E-state index is 14.8. The molecule has 7 heteroatoms. The summed E-state index contributed by atoms with van der Waals surface area (Å²) in [5.74, 6) is -2.06. The van der Waals surface area contributed by atoms with Crippen molar-refractivity contribution in [2.75, 3.05) is 20.3 Å². The summed E-state index contributed by atoms with van der Waals surface area (Å²) in [7, 11) is 1.35. The molecule has 3 rings (SSSR count). The molecule has 1 saturated heterocycles. The van der Waals surface area contributed by atoms with Gasteiger partial charge in [0, 0.05) is 30.2 Å². The molecule has 134 valence electrons. The van der Waals surface area contributed by atoms with Gasteiger partial charge in [-0.05, 0) is 37.5 Å². The Kier molecular flexibility index (Phi) is 4.76. The zero-order chi connectivity index (χ0) is 18.1. The average molecular weight is 349 g/mol. The Labute approximate surface area is 144 Å². The lowest BCUT2D eigenvalue weighted by atomic mass is 9.99. The van der Waals surface area contributed by atoms with Crippen LogP contribution in [0.2, 0.25) is 0 Å². The lowest BCUT2D eigenvalue weighted by Crippen LogP contribution is -2.28. The van der Waals surface area contributed by atoms with Crippen LogP contribution in [0.1, 0.15) is 28.9 Å². The topological polar surface area (TPSA) is 77.8 Å². The highest BCUT2D eigenvalue weighted by atomic mass is 19.1. The molecule has 0 amide bonds. The molecular weight excluding hydrogens is 329 g/mol. The Morgan fingerprint density at radius 1 is 1.36 bits per heavy atom. The van der Waals surface area contributed by atoms with E-state index >= 15 is 0 Å². The van der Waals surface area contributed by atoms with Crippen LogP contribution < -0.4 is 4.74 Å². The largest absolute Gasteiger partial charge is 0.494 e. The van der Waals surface area contributed by atoms with E-state index in [1.807, 2.05) is 0 Å². The molecule has 0 atom stereocenters. The first-order valence-corrected chi connectivity index (χ1v) is 8.15. The van der Waals surface area contributed by atoms with Gasteiger partial charge in [0.05, 0.1) is 19.0 Å². The number of rotatable bonds is 4. The third-order valence-electron chi connectivity index (χ3n) is 4.74. The van der Waals surface area contributed by atoms with Crippen LogP contribution in [0, 0.1) is 18.7 Å². The fraction of sp³-hybridized carbons (Fsp3) is 0.444. The van der Waals surface area contributed by atoms with Crippen molar-refractivity contribution in [1.29, 1.82) is 0 Å². The first-order valence-electron chi connectivity index (χ1n) is 8.15. The van der Waals surface area contributed by atoms with E-state index in [4.69, 9.17) is 9.47 Å². The second-order valence-electron chi connectivity index (χ2n) is 6.17. The van der Waals surface area contributed by atoms with Gasteiger partial charge >= 0.3 is 5.97 Å². The van der Waals surface area contributed by atoms with Gasteiger partial charge in [0.2, 0.25) is 5.91 Å². The minimum Gasteiger partial charge on any atom is -0.494 e. The van der Waals surface area contributed by atoms with Crippen LogP contribution in [-0.4, -0.2) is 41.9 Å². The van der Waals surface area contributed by atoms with Gasteiger partial charge in [-0.1, -0.05) is 0 Å². The number of carboxylic acid groups (broad SMARTS) is 1. The lowest BCUT2D eigenvalue weighted by molar-refractivity contribution is -0.136. The van der Waals surface area contributed by atoms with Crippen LogP contribution in [0.5, 0.6) is 5.75 Å². The Bertz CT molecular complexity index is 836. The summed E-state index contributed by atoms with van der Waals surface area (Å²) in [5, 5.41) is 9.34. The highest BCUT2D eigenvalue weighted by Crippen LogP contribution is 2.34. The van der Waals surface area contributed by atoms with Crippen molar-refractivity contribution < 1.29 is 28.6 Å². The average Bonchev–Trinajstić information content (AvgIpc) is 2.87. The maximum absolute atomic E-state index is 14.8. The van der Waals surface area contributed by atoms with E-state index in [9.17, 15) is 19.1 Å². The number of ether oxygens (including phenoxy) is 2. The van der Waals surface area contributed by atoms with E-state index in [0.29, 0.717) is 42.8 Å². The molecule has 0 spiro atoms. The Hall–Kier alpha value is -2.41. The van der Waals surface area contributed by atoms with Crippen molar-refractivity contribution in [3.05, 3.63) is 29.2 Å². The minimum atomic E-state index is -1.08. The van der Waals surface area contributed by atoms with Gasteiger partial charge in [-0.2, -0.15) is 0 Å². The number of nitrogens with zero attached hydrogens (tertiary/aromatic N) is 1. The molecule has 0 radical (unpaired) electrons. The van der Waals surface area contributed by atoms with Crippen molar-refractivity contribution in [3.63, 3.8) is 0 Å². The maximum Gasteiger partial charge on any atom is 0.307 e. The van der Waals surface area contributed by atoms with E-state index in [0.717, 1.165) is 0 Å². The van der Waals surface area contributed by atoms with Gasteiger partial charge in [-0.15, -0.1) is 0 Å². The number of carboxylic acids is 1. The minimum absolute atomic E-state index is 0.0230. The van der Waals surface area contributed by atoms with E-state index < -0.39 is 11.8 Å². The molecule has 1 aromatic heterocycles. The molecule has 1 aliphatic rings. The van der Waals surface area contributed by atoms with Crippen molar-refractivity contribution >= 4 is 22.8 Å². The van der Waals surface area contributed by atoms with Crippen LogP contribution in [-0.2, 0) is 16.0 Å². The van der Waals surface area contributed by atoms with Crippen molar-refractivity contribution in [1.82, 2.24) is 4.57 Å². The molecule has 1 aromatic carbocycles. The SMILES string of the molecule is COc1ccc2c(c1F)c(CC(=O)O)c(C)n2C(=O)C1CCOCC1. The van der Waals surface area contributed by atoms with Crippen LogP contribution in [0.3, 0.4) is 0 Å². The molecule has 25 heavy (non-hydrogen) atoms. The normalized spacial score (nSPS) is 15.5. The van der Waals surface area contributed by atoms with E-state index in [-0.39, 0.29) is 29.4 Å². The number of carbonyl (C=O) groups excluding carboxylic acids is 1. The summed E-state index contributed by atoms with van der Waals surface area (Å²) in [4.78, 5) is 24.3. The first-order chi connectivity index (χ1) is 12.0. The molecule has 0 unspecified atom stereocenters. The fourth-order valence-electron chi connectivity index (χ4n) is 3.45. The monoisotopic (exact) mass is 349 g/mol. The molecule has 0 aliphatic carbocycles. The van der Waals surface area contributed by atoms with Gasteiger partial charge in [-0.25, -0.2) is 4.39 Å². The number of halogens is 1. The second kappa shape index (κ2) is 6.84. The van der Waals surface area contributed by atoms with Crippen LogP contribution in [0.25, 0.3) is 10.9 Å². The number of hydrogen-bond donors (Lipinski definition) is 1. The number of carbonyl (C=O) groups is 2. The van der Waals surface area contributed by atoms with Crippen LogP contribution in [0.15, 0.2) is 12.1 Å². The van der Waals surface area contributed by atoms with Crippen molar-refractivity contribution in [3.8, 4) is 5.75 Å². The predicted octanol–water partition coefficient (Wildman–Crippen LogP) is 2.79. The molecule has 1 aliphatic heterocycles. The lowest BCUT2D eigenvalue weighted by Gasteiger charge is -2.22. The zero-order valence-electron chi connectivity index (χ0n) is 14.2. The zero-order valence-corrected chi connectivity index (χ0v) is 14.2. The predicted molar refractivity (Wildman–Crippen MR) is 88.7 cm³/mol. The van der Waals surface area contributed by atoms with E-state index in [2.05, 4.69) is 0 Å². The van der Waals surface area contributed by atoms with Gasteiger partial charge in [0.1, 0.15) is 0 Å². The van der Waals surface area contributed by atoms with Crippen molar-refractivity contribution in [2.24, 2.45) is 5.92 Å². The summed E-state index contributed by atoms with van der Waals surface area (Å²) < 4.78 is 26.6. The molecule has 2 heterocycles. The molecule has 1 fully saturated rings. The Balaban J connectivity index is 2.21. The number of benzene rings is 1. The van der Waals surface area contributed by atoms with Gasteiger partial charge < -0.3 is 14.6 Å². The number of aromatic nitrogens is 1. The molecule has 1 N–H and O–H groups in total. The van der Waals surface area contributed by atoms with Gasteiger partial charge in [0.15, 0.2) is 11.6 Å². The number of hydrogen-bond acceptors (Lipinski definition) is 4. The number of aliphatic carboxylic acids is 1. The fourth-order valence-corrected chi connectivity index (χ4v) is 3.45. The number of methoxy groups -OCH3 is 1. The highest BCUT2D eigenvalue weighted by Gasteiger charge is 2.29. The summed E-state index contributed by atoms with van der Waals surface area (Å²) in [6, 6.07) is 3.06. The summed E-state index contributed by atoms with van der Waals surface area (Å²) >= 11 is 0. The summed E-state index contributed by atoms with van der Waals surface area (Å²) in [6.07, 6.45) is 0.843. The van der Waals surface area contributed by atoms with Gasteiger partial charge in [0.25, 0.3) is 0 Å². The molecule has 6 nitrogen and oxygen atoms in total. The third-order valence-corrected chi connectivity index (χ3v) is 4.74. The smallest absolute Gasteiger partial charge is 0.307 e. The van der Waals surface area contributed by atoms with Crippen LogP contribution >= 0.6 is 0 Å². The standard InChI is InChI=1S/C18H20FNO5/c1-10-12(9-15(21)22)16-13(3-4-14(24-2)17(16)19)20(10)18(23)11-5-7-25-8-6-11/h3-4,11H,5-9H2,1-2H3,(H,21,22). The quantitative estimate of drug-likeness (QED) is 0.918. The first kappa shape index (κ1) is 17.4. The summed E-state index contributed by atoms with van der Waals surface area (Å²) in [6.45, 7) is 2.68. The van der Waals surface area contributed by atoms with E-state index in [1.54, 1.807) is 13.0 Å². The van der Waals surface area contributed by atoms with Crippen LogP contribution in [0.4, 0.5) is 4.39 Å². The van der Waals surface area contributed by atoms with Gasteiger partial charge in [-0.3, -0.25) is 14.2 Å². The molecular formula is C18H20FNO5. The van der Waals surface area contributed by atoms with E-state index in [1.165, 1.54) is 17.7 Å². The molecule has 0 saturated carbocycles. The summed E-state index contributed by atoms with van der Waals surface area (Å²) in [5.41, 5.74) is 1.14. The van der Waals surface area contributed by atoms with Crippen molar-refractivity contribution in [2.45, 2.75) is 26.2 Å². The Morgan fingerprint density at radius 3 is 2.64 bits per heavy atom.